The summed E-state index contributed by atoms with van der Waals surface area (Å²) < 4.78 is 5.50. The van der Waals surface area contributed by atoms with Gasteiger partial charge in [-0.25, -0.2) is 4.79 Å². The highest BCUT2D eigenvalue weighted by Gasteiger charge is 2.20. The predicted molar refractivity (Wildman–Crippen MR) is 108 cm³/mol. The fraction of sp³-hybridized carbons (Fsp3) is 0.636. The number of rotatable bonds is 16. The van der Waals surface area contributed by atoms with Crippen LogP contribution < -0.4 is 5.32 Å². The molecule has 2 N–H and O–H groups in total. The minimum absolute atomic E-state index is 0.190. The van der Waals surface area contributed by atoms with Gasteiger partial charge in [-0.3, -0.25) is 4.79 Å². The second-order valence-electron chi connectivity index (χ2n) is 6.99. The third-order valence-corrected chi connectivity index (χ3v) is 4.53. The lowest BCUT2D eigenvalue weighted by atomic mass is 10.1. The minimum Gasteiger partial charge on any atom is -0.480 e. The molecule has 0 bridgehead atoms. The molecule has 0 aliphatic rings. The quantitative estimate of drug-likeness (QED) is 0.420. The lowest BCUT2D eigenvalue weighted by Gasteiger charge is -2.14. The zero-order valence-corrected chi connectivity index (χ0v) is 16.6. The van der Waals surface area contributed by atoms with Gasteiger partial charge in [0.1, 0.15) is 6.04 Å². The third-order valence-electron chi connectivity index (χ3n) is 4.53. The number of benzene rings is 1. The van der Waals surface area contributed by atoms with E-state index >= 15 is 0 Å². The van der Waals surface area contributed by atoms with Gasteiger partial charge in [0.2, 0.25) is 5.91 Å². The van der Waals surface area contributed by atoms with E-state index in [0.717, 1.165) is 18.4 Å². The lowest BCUT2D eigenvalue weighted by Crippen LogP contribution is -2.42. The van der Waals surface area contributed by atoms with Gasteiger partial charge < -0.3 is 15.2 Å². The molecule has 0 aliphatic heterocycles. The topological polar surface area (TPSA) is 75.6 Å². The van der Waals surface area contributed by atoms with Crippen molar-refractivity contribution in [1.82, 2.24) is 5.32 Å². The fourth-order valence-electron chi connectivity index (χ4n) is 2.92. The first kappa shape index (κ1) is 23.2. The molecule has 0 saturated carbocycles. The first-order valence-corrected chi connectivity index (χ1v) is 10.3. The first-order valence-electron chi connectivity index (χ1n) is 10.3. The fourth-order valence-corrected chi connectivity index (χ4v) is 2.92. The Labute approximate surface area is 163 Å². The van der Waals surface area contributed by atoms with Gasteiger partial charge in [-0.15, -0.1) is 0 Å². The average molecular weight is 378 g/mol. The Bertz CT molecular complexity index is 518. The van der Waals surface area contributed by atoms with Crippen molar-refractivity contribution in [2.24, 2.45) is 0 Å². The highest BCUT2D eigenvalue weighted by molar-refractivity contribution is 5.83. The molecular weight excluding hydrogens is 342 g/mol. The molecule has 5 heteroatoms. The number of carboxylic acid groups (broad SMARTS) is 1. The number of aliphatic carboxylic acids is 1. The maximum atomic E-state index is 12.0. The van der Waals surface area contributed by atoms with E-state index in [1.54, 1.807) is 0 Å². The summed E-state index contributed by atoms with van der Waals surface area (Å²) in [6.07, 6.45) is 10.5. The summed E-state index contributed by atoms with van der Waals surface area (Å²) >= 11 is 0. The second-order valence-corrected chi connectivity index (χ2v) is 6.99. The Balaban J connectivity index is 2.07. The molecule has 1 rings (SSSR count). The van der Waals surface area contributed by atoms with Crippen LogP contribution in [0, 0.1) is 0 Å². The molecule has 0 aromatic heterocycles. The lowest BCUT2D eigenvalue weighted by molar-refractivity contribution is -0.142. The summed E-state index contributed by atoms with van der Waals surface area (Å²) in [5.74, 6) is -1.30. The van der Waals surface area contributed by atoms with Crippen LogP contribution in [0.2, 0.25) is 0 Å². The van der Waals surface area contributed by atoms with Crippen LogP contribution in [0.1, 0.15) is 70.3 Å². The number of hydrogen-bond acceptors (Lipinski definition) is 3. The summed E-state index contributed by atoms with van der Waals surface area (Å²) in [4.78, 5) is 23.3. The number of carbonyl (C=O) groups is 2. The van der Waals surface area contributed by atoms with Crippen molar-refractivity contribution in [1.29, 1.82) is 0 Å². The largest absolute Gasteiger partial charge is 0.480 e. The summed E-state index contributed by atoms with van der Waals surface area (Å²) in [6.45, 7) is 3.22. The number of amides is 1. The van der Waals surface area contributed by atoms with Crippen LogP contribution in [0.15, 0.2) is 30.3 Å². The van der Waals surface area contributed by atoms with E-state index in [-0.39, 0.29) is 18.7 Å². The van der Waals surface area contributed by atoms with Crippen molar-refractivity contribution >= 4 is 11.9 Å². The standard InChI is InChI=1S/C22H35NO4/c1-2-3-4-5-6-7-8-12-16-27-17-15-21(24)23-20(22(25)26)18-19-13-10-9-11-14-19/h9-11,13-14,20H,2-8,12,15-18H2,1H3,(H,23,24)(H,25,26)/t20-/m1/s1. The second kappa shape index (κ2) is 15.2. The average Bonchev–Trinajstić information content (AvgIpc) is 2.66. The molecular formula is C22H35NO4. The van der Waals surface area contributed by atoms with Crippen molar-refractivity contribution in [2.75, 3.05) is 13.2 Å². The van der Waals surface area contributed by atoms with Gasteiger partial charge in [-0.1, -0.05) is 82.2 Å². The van der Waals surface area contributed by atoms with E-state index in [2.05, 4.69) is 12.2 Å². The zero-order valence-electron chi connectivity index (χ0n) is 16.6. The number of carbonyl (C=O) groups excluding carboxylic acids is 1. The molecule has 27 heavy (non-hydrogen) atoms. The van der Waals surface area contributed by atoms with Gasteiger partial charge in [-0.05, 0) is 12.0 Å². The van der Waals surface area contributed by atoms with Gasteiger partial charge in [0.15, 0.2) is 0 Å². The molecule has 0 spiro atoms. The van der Waals surface area contributed by atoms with E-state index in [1.807, 2.05) is 30.3 Å². The Morgan fingerprint density at radius 1 is 0.963 bits per heavy atom. The smallest absolute Gasteiger partial charge is 0.326 e. The molecule has 0 saturated heterocycles. The predicted octanol–water partition coefficient (Wildman–Crippen LogP) is 4.35. The monoisotopic (exact) mass is 377 g/mol. The molecule has 1 amide bonds. The Kier molecular flexibility index (Phi) is 13.0. The van der Waals surface area contributed by atoms with Crippen LogP contribution in [0.5, 0.6) is 0 Å². The van der Waals surface area contributed by atoms with Gasteiger partial charge >= 0.3 is 5.97 Å². The normalized spacial score (nSPS) is 11.9. The summed E-state index contributed by atoms with van der Waals surface area (Å²) in [6, 6.07) is 8.39. The number of nitrogens with one attached hydrogen (secondary N) is 1. The van der Waals surface area contributed by atoms with Crippen LogP contribution in [0.25, 0.3) is 0 Å². The van der Waals surface area contributed by atoms with Gasteiger partial charge in [-0.2, -0.15) is 0 Å². The van der Waals surface area contributed by atoms with Crippen molar-refractivity contribution < 1.29 is 19.4 Å². The van der Waals surface area contributed by atoms with Gasteiger partial charge in [0.25, 0.3) is 0 Å². The molecule has 1 aromatic carbocycles. The maximum Gasteiger partial charge on any atom is 0.326 e. The van der Waals surface area contributed by atoms with Crippen LogP contribution in [-0.4, -0.2) is 36.2 Å². The summed E-state index contributed by atoms with van der Waals surface area (Å²) in [7, 11) is 0. The van der Waals surface area contributed by atoms with Crippen molar-refractivity contribution in [3.05, 3.63) is 35.9 Å². The molecule has 0 heterocycles. The van der Waals surface area contributed by atoms with E-state index in [1.165, 1.54) is 38.5 Å². The molecule has 0 fully saturated rings. The molecule has 1 atom stereocenters. The van der Waals surface area contributed by atoms with Crippen molar-refractivity contribution in [3.8, 4) is 0 Å². The van der Waals surface area contributed by atoms with E-state index < -0.39 is 12.0 Å². The third kappa shape index (κ3) is 12.2. The van der Waals surface area contributed by atoms with Crippen LogP contribution in [0.3, 0.4) is 0 Å². The number of unbranched alkanes of at least 4 members (excludes halogenated alkanes) is 7. The molecule has 152 valence electrons. The van der Waals surface area contributed by atoms with Crippen molar-refractivity contribution in [3.63, 3.8) is 0 Å². The zero-order chi connectivity index (χ0) is 19.7. The SMILES string of the molecule is CCCCCCCCCCOCCC(=O)N[C@H](Cc1ccccc1)C(=O)O. The highest BCUT2D eigenvalue weighted by Crippen LogP contribution is 2.08. The summed E-state index contributed by atoms with van der Waals surface area (Å²) in [5.41, 5.74) is 0.885. The van der Waals surface area contributed by atoms with Gasteiger partial charge in [0, 0.05) is 19.4 Å². The Morgan fingerprint density at radius 2 is 1.59 bits per heavy atom. The van der Waals surface area contributed by atoms with E-state index in [0.29, 0.717) is 13.2 Å². The highest BCUT2D eigenvalue weighted by atomic mass is 16.5. The van der Waals surface area contributed by atoms with E-state index in [4.69, 9.17) is 4.74 Å². The molecule has 0 aliphatic carbocycles. The van der Waals surface area contributed by atoms with Crippen LogP contribution in [-0.2, 0) is 20.7 Å². The molecule has 0 radical (unpaired) electrons. The minimum atomic E-state index is -1.02. The van der Waals surface area contributed by atoms with Gasteiger partial charge in [0.05, 0.1) is 6.61 Å². The number of ether oxygens (including phenoxy) is 1. The maximum absolute atomic E-state index is 12.0. The first-order chi connectivity index (χ1) is 13.1. The summed E-state index contributed by atoms with van der Waals surface area (Å²) in [5, 5.41) is 11.9. The number of hydrogen-bond donors (Lipinski definition) is 2. The Morgan fingerprint density at radius 3 is 2.22 bits per heavy atom. The molecule has 1 aromatic rings. The van der Waals surface area contributed by atoms with E-state index in [9.17, 15) is 14.7 Å². The number of carboxylic acids is 1. The Hall–Kier alpha value is -1.88. The molecule has 5 nitrogen and oxygen atoms in total. The molecule has 0 unspecified atom stereocenters. The van der Waals surface area contributed by atoms with Crippen LogP contribution in [0.4, 0.5) is 0 Å². The van der Waals surface area contributed by atoms with Crippen LogP contribution >= 0.6 is 0 Å². The van der Waals surface area contributed by atoms with Crippen molar-refractivity contribution in [2.45, 2.75) is 77.2 Å².